The summed E-state index contributed by atoms with van der Waals surface area (Å²) in [6.45, 7) is 4.00. The van der Waals surface area contributed by atoms with Crippen LogP contribution in [-0.4, -0.2) is 16.8 Å². The largest absolute Gasteiger partial charge is 0.369 e. The highest BCUT2D eigenvalue weighted by Crippen LogP contribution is 2.05. The minimum atomic E-state index is -0.330. The van der Waals surface area contributed by atoms with Crippen molar-refractivity contribution < 1.29 is 4.79 Å². The topological polar surface area (TPSA) is 58.9 Å². The van der Waals surface area contributed by atoms with E-state index in [2.05, 4.69) is 4.98 Å². The summed E-state index contributed by atoms with van der Waals surface area (Å²) >= 11 is 5.52. The van der Waals surface area contributed by atoms with Gasteiger partial charge in [-0.3, -0.25) is 4.79 Å². The van der Waals surface area contributed by atoms with Gasteiger partial charge in [0, 0.05) is 17.3 Å². The van der Waals surface area contributed by atoms with Gasteiger partial charge >= 0.3 is 0 Å². The van der Waals surface area contributed by atoms with Crippen molar-refractivity contribution >= 4 is 23.6 Å². The maximum absolute atomic E-state index is 10.6. The van der Waals surface area contributed by atoms with Gasteiger partial charge in [0.15, 0.2) is 0 Å². The van der Waals surface area contributed by atoms with E-state index < -0.39 is 0 Å². The van der Waals surface area contributed by atoms with Crippen LogP contribution in [0.3, 0.4) is 0 Å². The molecule has 0 fully saturated rings. The summed E-state index contributed by atoms with van der Waals surface area (Å²) in [5.41, 5.74) is 6.86. The highest BCUT2D eigenvalue weighted by molar-refractivity contribution is 6.17. The third kappa shape index (κ3) is 6.30. The number of amides is 1. The Bertz CT molecular complexity index is 332. The number of aromatic nitrogens is 1. The molecule has 0 radical (unpaired) electrons. The zero-order chi connectivity index (χ0) is 12.4. The number of rotatable bonds is 5. The summed E-state index contributed by atoms with van der Waals surface area (Å²) in [4.78, 5) is 13.7. The van der Waals surface area contributed by atoms with Gasteiger partial charge in [-0.15, -0.1) is 11.6 Å². The molecule has 0 atom stereocenters. The molecule has 0 aliphatic heterocycles. The van der Waals surface area contributed by atoms with Crippen LogP contribution in [-0.2, 0) is 11.2 Å². The maximum Gasteiger partial charge on any atom is 0.223 e. The van der Waals surface area contributed by atoms with Crippen molar-refractivity contribution in [1.82, 2.24) is 4.98 Å². The Labute approximate surface area is 102 Å². The molecule has 0 saturated carbocycles. The fourth-order valence-electron chi connectivity index (χ4n) is 1.12. The van der Waals surface area contributed by atoms with Gasteiger partial charge < -0.3 is 10.7 Å². The summed E-state index contributed by atoms with van der Waals surface area (Å²) in [6, 6.07) is 3.76. The van der Waals surface area contributed by atoms with Crippen LogP contribution in [0.2, 0.25) is 0 Å². The van der Waals surface area contributed by atoms with Gasteiger partial charge in [0.05, 0.1) is 6.42 Å². The lowest BCUT2D eigenvalue weighted by molar-refractivity contribution is -0.117. The summed E-state index contributed by atoms with van der Waals surface area (Å²) in [5.74, 6) is 0.286. The fourth-order valence-corrected chi connectivity index (χ4v) is 1.25. The second-order valence-electron chi connectivity index (χ2n) is 2.96. The summed E-state index contributed by atoms with van der Waals surface area (Å²) in [6.07, 6.45) is 5.01. The van der Waals surface area contributed by atoms with Gasteiger partial charge in [-0.05, 0) is 24.6 Å². The van der Waals surface area contributed by atoms with Gasteiger partial charge in [-0.2, -0.15) is 0 Å². The molecule has 90 valence electrons. The van der Waals surface area contributed by atoms with Crippen LogP contribution < -0.4 is 5.73 Å². The van der Waals surface area contributed by atoms with E-state index in [1.54, 1.807) is 0 Å². The van der Waals surface area contributed by atoms with Crippen molar-refractivity contribution in [2.24, 2.45) is 5.73 Å². The van der Waals surface area contributed by atoms with Crippen LogP contribution in [0.4, 0.5) is 0 Å². The molecule has 1 heterocycles. The Hall–Kier alpha value is -1.22. The molecule has 0 aliphatic carbocycles. The number of alkyl halides is 1. The molecule has 0 unspecified atom stereocenters. The van der Waals surface area contributed by atoms with E-state index in [9.17, 15) is 4.79 Å². The predicted molar refractivity (Wildman–Crippen MR) is 69.4 cm³/mol. The Morgan fingerprint density at radius 1 is 1.50 bits per heavy atom. The van der Waals surface area contributed by atoms with Crippen LogP contribution in [0, 0.1) is 0 Å². The summed E-state index contributed by atoms with van der Waals surface area (Å²) in [5, 5.41) is 0. The minimum absolute atomic E-state index is 0.253. The number of allylic oxidation sites excluding steroid dienone is 1. The third-order valence-electron chi connectivity index (χ3n) is 1.71. The SMILES string of the molecule is CC.NC(=O)Cc1ccc(/C=C\CCCl)[nH]1. The molecule has 1 amide bonds. The van der Waals surface area contributed by atoms with E-state index in [0.29, 0.717) is 5.88 Å². The first-order valence-electron chi connectivity index (χ1n) is 5.41. The Kier molecular flexibility index (Phi) is 8.35. The molecule has 0 aliphatic rings. The second kappa shape index (κ2) is 9.04. The van der Waals surface area contributed by atoms with Gasteiger partial charge in [-0.25, -0.2) is 0 Å². The third-order valence-corrected chi connectivity index (χ3v) is 1.93. The minimum Gasteiger partial charge on any atom is -0.369 e. The zero-order valence-corrected chi connectivity index (χ0v) is 10.6. The van der Waals surface area contributed by atoms with Gasteiger partial charge in [-0.1, -0.05) is 19.9 Å². The van der Waals surface area contributed by atoms with Crippen molar-refractivity contribution in [3.8, 4) is 0 Å². The van der Waals surface area contributed by atoms with E-state index in [4.69, 9.17) is 17.3 Å². The summed E-state index contributed by atoms with van der Waals surface area (Å²) in [7, 11) is 0. The quantitative estimate of drug-likeness (QED) is 0.767. The molecule has 0 aromatic carbocycles. The van der Waals surface area contributed by atoms with E-state index in [1.807, 2.05) is 38.1 Å². The Balaban J connectivity index is 0.00000106. The zero-order valence-electron chi connectivity index (χ0n) is 9.79. The van der Waals surface area contributed by atoms with Crippen molar-refractivity contribution in [2.75, 3.05) is 5.88 Å². The number of nitrogens with two attached hydrogens (primary N) is 1. The highest BCUT2D eigenvalue weighted by atomic mass is 35.5. The molecular formula is C12H19ClN2O. The lowest BCUT2D eigenvalue weighted by Crippen LogP contribution is -2.13. The van der Waals surface area contributed by atoms with Gasteiger partial charge in [0.25, 0.3) is 0 Å². The molecule has 0 spiro atoms. The molecule has 16 heavy (non-hydrogen) atoms. The normalized spacial score (nSPS) is 9.94. The smallest absolute Gasteiger partial charge is 0.223 e. The van der Waals surface area contributed by atoms with Gasteiger partial charge in [0.2, 0.25) is 5.91 Å². The monoisotopic (exact) mass is 242 g/mol. The number of halogens is 1. The van der Waals surface area contributed by atoms with Crippen molar-refractivity contribution in [3.63, 3.8) is 0 Å². The lowest BCUT2D eigenvalue weighted by Gasteiger charge is -1.91. The molecule has 1 rings (SSSR count). The van der Waals surface area contributed by atoms with Gasteiger partial charge in [0.1, 0.15) is 0 Å². The van der Waals surface area contributed by atoms with Crippen LogP contribution in [0.25, 0.3) is 6.08 Å². The molecule has 0 saturated heterocycles. The number of hydrogen-bond donors (Lipinski definition) is 2. The van der Waals surface area contributed by atoms with Crippen molar-refractivity contribution in [3.05, 3.63) is 29.6 Å². The first-order valence-corrected chi connectivity index (χ1v) is 5.94. The predicted octanol–water partition coefficient (Wildman–Crippen LogP) is 2.71. The van der Waals surface area contributed by atoms with E-state index in [0.717, 1.165) is 17.8 Å². The number of carbonyl (C=O) groups is 1. The maximum atomic E-state index is 10.6. The van der Waals surface area contributed by atoms with Crippen molar-refractivity contribution in [1.29, 1.82) is 0 Å². The molecule has 1 aromatic rings. The van der Waals surface area contributed by atoms with Crippen molar-refractivity contribution in [2.45, 2.75) is 26.7 Å². The molecule has 3 nitrogen and oxygen atoms in total. The standard InChI is InChI=1S/C10H13ClN2O.C2H6/c11-6-2-1-3-8-4-5-9(13-8)7-10(12)14;1-2/h1,3-5,13H,2,6-7H2,(H2,12,14);1-2H3/b3-1-;. The number of hydrogen-bond acceptors (Lipinski definition) is 1. The van der Waals surface area contributed by atoms with E-state index in [1.165, 1.54) is 0 Å². The van der Waals surface area contributed by atoms with E-state index >= 15 is 0 Å². The van der Waals surface area contributed by atoms with Crippen LogP contribution in [0.1, 0.15) is 31.7 Å². The molecule has 3 N–H and O–H groups in total. The van der Waals surface area contributed by atoms with Crippen LogP contribution in [0.5, 0.6) is 0 Å². The number of primary amides is 1. The first kappa shape index (κ1) is 14.8. The fraction of sp³-hybridized carbons (Fsp3) is 0.417. The number of nitrogens with one attached hydrogen (secondary N) is 1. The van der Waals surface area contributed by atoms with Crippen LogP contribution in [0.15, 0.2) is 18.2 Å². The molecule has 4 heteroatoms. The molecule has 0 bridgehead atoms. The number of aromatic amines is 1. The lowest BCUT2D eigenvalue weighted by atomic mass is 10.3. The average Bonchev–Trinajstić information content (AvgIpc) is 2.68. The Morgan fingerprint density at radius 3 is 2.75 bits per heavy atom. The van der Waals surface area contributed by atoms with E-state index in [-0.39, 0.29) is 12.3 Å². The number of H-pyrrole nitrogens is 1. The molecule has 1 aromatic heterocycles. The number of carbonyl (C=O) groups excluding carboxylic acids is 1. The second-order valence-corrected chi connectivity index (χ2v) is 3.34. The Morgan fingerprint density at radius 2 is 2.19 bits per heavy atom. The molecular weight excluding hydrogens is 224 g/mol. The average molecular weight is 243 g/mol. The highest BCUT2D eigenvalue weighted by Gasteiger charge is 1.99. The first-order chi connectivity index (χ1) is 7.72. The van der Waals surface area contributed by atoms with Crippen LogP contribution >= 0.6 is 11.6 Å². The summed E-state index contributed by atoms with van der Waals surface area (Å²) < 4.78 is 0.